The molecule has 0 spiro atoms. The number of carbonyl (C=O) groups excluding carboxylic acids is 3. The van der Waals surface area contributed by atoms with Crippen LogP contribution in [-0.2, 0) is 23.9 Å². The van der Waals surface area contributed by atoms with E-state index < -0.39 is 23.8 Å². The van der Waals surface area contributed by atoms with Crippen molar-refractivity contribution in [3.8, 4) is 5.75 Å². The first-order valence-electron chi connectivity index (χ1n) is 7.31. The number of ether oxygens (including phenoxy) is 3. The molecule has 8 nitrogen and oxygen atoms in total. The molecule has 2 aliphatic heterocycles. The average molecular weight is 332 g/mol. The Kier molecular flexibility index (Phi) is 3.67. The summed E-state index contributed by atoms with van der Waals surface area (Å²) in [5.74, 6) is -2.68. The average Bonchev–Trinajstić information content (AvgIpc) is 2.46. The lowest BCUT2D eigenvalue weighted by Gasteiger charge is -2.30. The number of fused-ring (bicyclic) bond motifs is 1. The quantitative estimate of drug-likeness (QED) is 0.481. The number of para-hydroxylation sites is 1. The molecule has 1 unspecified atom stereocenters. The number of benzene rings is 1. The Bertz CT molecular complexity index is 746. The summed E-state index contributed by atoms with van der Waals surface area (Å²) in [6.07, 6.45) is 0.580. The van der Waals surface area contributed by atoms with Gasteiger partial charge in [0, 0.05) is 20.0 Å². The standard InChI is InChI=1S/C16H16N2O6/c1-8-13(19)18-12-10(5-4-6-11(12)22-8)17-7-9-14(20)23-16(2,3)24-15(9)21/h4-8,17H,1-3H3,(H,18,19). The molecule has 1 saturated heterocycles. The number of cyclic esters (lactones) is 2. The third kappa shape index (κ3) is 2.90. The minimum Gasteiger partial charge on any atom is -0.479 e. The van der Waals surface area contributed by atoms with Crippen LogP contribution in [0.5, 0.6) is 5.75 Å². The van der Waals surface area contributed by atoms with E-state index >= 15 is 0 Å². The van der Waals surface area contributed by atoms with Crippen molar-refractivity contribution in [3.05, 3.63) is 30.0 Å². The van der Waals surface area contributed by atoms with Crippen LogP contribution in [0.25, 0.3) is 0 Å². The summed E-state index contributed by atoms with van der Waals surface area (Å²) in [7, 11) is 0. The molecule has 0 aromatic heterocycles. The van der Waals surface area contributed by atoms with Crippen LogP contribution in [0.3, 0.4) is 0 Å². The third-order valence-corrected chi connectivity index (χ3v) is 3.44. The number of esters is 2. The lowest BCUT2D eigenvalue weighted by atomic mass is 10.2. The maximum Gasteiger partial charge on any atom is 0.350 e. The van der Waals surface area contributed by atoms with Crippen molar-refractivity contribution >= 4 is 29.2 Å². The van der Waals surface area contributed by atoms with E-state index in [-0.39, 0.29) is 11.5 Å². The van der Waals surface area contributed by atoms with E-state index in [9.17, 15) is 14.4 Å². The zero-order valence-corrected chi connectivity index (χ0v) is 13.3. The predicted octanol–water partition coefficient (Wildman–Crippen LogP) is 1.54. The molecule has 1 aromatic rings. The summed E-state index contributed by atoms with van der Waals surface area (Å²) in [6, 6.07) is 5.08. The first kappa shape index (κ1) is 15.9. The zero-order chi connectivity index (χ0) is 17.5. The highest BCUT2D eigenvalue weighted by Crippen LogP contribution is 2.36. The van der Waals surface area contributed by atoms with Crippen LogP contribution in [0.15, 0.2) is 30.0 Å². The van der Waals surface area contributed by atoms with E-state index in [4.69, 9.17) is 14.2 Å². The van der Waals surface area contributed by atoms with Gasteiger partial charge in [-0.25, -0.2) is 9.59 Å². The summed E-state index contributed by atoms with van der Waals surface area (Å²) < 4.78 is 15.5. The normalized spacial score (nSPS) is 21.7. The molecule has 2 heterocycles. The first-order chi connectivity index (χ1) is 11.3. The van der Waals surface area contributed by atoms with Crippen LogP contribution >= 0.6 is 0 Å². The summed E-state index contributed by atoms with van der Waals surface area (Å²) in [4.78, 5) is 35.6. The second kappa shape index (κ2) is 5.55. The van der Waals surface area contributed by atoms with Crippen molar-refractivity contribution in [1.82, 2.24) is 0 Å². The topological polar surface area (TPSA) is 103 Å². The number of rotatable bonds is 2. The number of nitrogens with one attached hydrogen (secondary N) is 2. The second-order valence-electron chi connectivity index (χ2n) is 5.81. The molecule has 3 rings (SSSR count). The van der Waals surface area contributed by atoms with Crippen molar-refractivity contribution in [2.24, 2.45) is 0 Å². The highest BCUT2D eigenvalue weighted by molar-refractivity contribution is 6.15. The first-order valence-corrected chi connectivity index (χ1v) is 7.31. The summed E-state index contributed by atoms with van der Waals surface area (Å²) in [5, 5.41) is 5.52. The Morgan fingerprint density at radius 2 is 1.83 bits per heavy atom. The molecule has 0 saturated carbocycles. The van der Waals surface area contributed by atoms with Crippen LogP contribution in [0, 0.1) is 0 Å². The van der Waals surface area contributed by atoms with E-state index in [1.165, 1.54) is 20.0 Å². The van der Waals surface area contributed by atoms with Crippen LogP contribution in [-0.4, -0.2) is 29.7 Å². The predicted molar refractivity (Wildman–Crippen MR) is 83.1 cm³/mol. The highest BCUT2D eigenvalue weighted by Gasteiger charge is 2.39. The molecule has 0 bridgehead atoms. The van der Waals surface area contributed by atoms with Gasteiger partial charge in [0.05, 0.1) is 5.69 Å². The smallest absolute Gasteiger partial charge is 0.350 e. The molecule has 0 radical (unpaired) electrons. The van der Waals surface area contributed by atoms with Crippen LogP contribution < -0.4 is 15.4 Å². The molecule has 0 aliphatic carbocycles. The molecule has 24 heavy (non-hydrogen) atoms. The zero-order valence-electron chi connectivity index (χ0n) is 13.3. The lowest BCUT2D eigenvalue weighted by Crippen LogP contribution is -2.42. The van der Waals surface area contributed by atoms with Gasteiger partial charge in [-0.05, 0) is 19.1 Å². The van der Waals surface area contributed by atoms with Gasteiger partial charge in [-0.15, -0.1) is 0 Å². The number of amides is 1. The molecule has 126 valence electrons. The van der Waals surface area contributed by atoms with E-state index in [2.05, 4.69) is 10.6 Å². The van der Waals surface area contributed by atoms with Crippen LogP contribution in [0.4, 0.5) is 11.4 Å². The molecule has 1 aromatic carbocycles. The van der Waals surface area contributed by atoms with Crippen molar-refractivity contribution in [3.63, 3.8) is 0 Å². The lowest BCUT2D eigenvalue weighted by molar-refractivity contribution is -0.222. The maximum absolute atomic E-state index is 11.9. The van der Waals surface area contributed by atoms with Gasteiger partial charge in [0.1, 0.15) is 11.4 Å². The number of hydrogen-bond donors (Lipinski definition) is 2. The minimum atomic E-state index is -1.30. The number of hydrogen-bond acceptors (Lipinski definition) is 7. The van der Waals surface area contributed by atoms with Gasteiger partial charge in [0.2, 0.25) is 0 Å². The van der Waals surface area contributed by atoms with E-state index in [1.54, 1.807) is 25.1 Å². The maximum atomic E-state index is 11.9. The van der Waals surface area contributed by atoms with Gasteiger partial charge in [-0.3, -0.25) is 4.79 Å². The Balaban J connectivity index is 1.85. The van der Waals surface area contributed by atoms with Crippen molar-refractivity contribution < 1.29 is 28.6 Å². The number of carbonyl (C=O) groups is 3. The minimum absolute atomic E-state index is 0.275. The van der Waals surface area contributed by atoms with Crippen molar-refractivity contribution in [2.45, 2.75) is 32.7 Å². The van der Waals surface area contributed by atoms with Gasteiger partial charge in [-0.1, -0.05) is 6.07 Å². The van der Waals surface area contributed by atoms with Gasteiger partial charge >= 0.3 is 11.9 Å². The van der Waals surface area contributed by atoms with Crippen LogP contribution in [0.1, 0.15) is 20.8 Å². The Morgan fingerprint density at radius 1 is 1.17 bits per heavy atom. The number of anilines is 2. The third-order valence-electron chi connectivity index (χ3n) is 3.44. The van der Waals surface area contributed by atoms with E-state index in [0.29, 0.717) is 17.1 Å². The van der Waals surface area contributed by atoms with Crippen molar-refractivity contribution in [2.75, 3.05) is 10.6 Å². The fraction of sp³-hybridized carbons (Fsp3) is 0.312. The molecular weight excluding hydrogens is 316 g/mol. The largest absolute Gasteiger partial charge is 0.479 e. The summed E-state index contributed by atoms with van der Waals surface area (Å²) >= 11 is 0. The highest BCUT2D eigenvalue weighted by atomic mass is 16.7. The van der Waals surface area contributed by atoms with Gasteiger partial charge in [0.15, 0.2) is 11.7 Å². The van der Waals surface area contributed by atoms with Gasteiger partial charge in [0.25, 0.3) is 11.7 Å². The Labute approximate surface area is 137 Å². The SMILES string of the molecule is CC1Oc2cccc(NC=C3C(=O)OC(C)(C)OC3=O)c2NC1=O. The summed E-state index contributed by atoms with van der Waals surface area (Å²) in [5.41, 5.74) is 0.615. The molecule has 2 N–H and O–H groups in total. The molecule has 2 aliphatic rings. The van der Waals surface area contributed by atoms with Crippen molar-refractivity contribution in [1.29, 1.82) is 0 Å². The molecule has 1 fully saturated rings. The van der Waals surface area contributed by atoms with Gasteiger partial charge < -0.3 is 24.8 Å². The monoisotopic (exact) mass is 332 g/mol. The second-order valence-corrected chi connectivity index (χ2v) is 5.81. The Morgan fingerprint density at radius 3 is 2.50 bits per heavy atom. The van der Waals surface area contributed by atoms with E-state index in [0.717, 1.165) is 0 Å². The molecular formula is C16H16N2O6. The fourth-order valence-electron chi connectivity index (χ4n) is 2.28. The van der Waals surface area contributed by atoms with Gasteiger partial charge in [-0.2, -0.15) is 0 Å². The molecule has 8 heteroatoms. The van der Waals surface area contributed by atoms with Crippen LogP contribution in [0.2, 0.25) is 0 Å². The molecule has 1 atom stereocenters. The Hall–Kier alpha value is -3.03. The van der Waals surface area contributed by atoms with E-state index in [1.807, 2.05) is 0 Å². The summed E-state index contributed by atoms with van der Waals surface area (Å²) in [6.45, 7) is 4.57. The fourth-order valence-corrected chi connectivity index (χ4v) is 2.28. The molecule has 1 amide bonds.